The van der Waals surface area contributed by atoms with Crippen molar-refractivity contribution in [3.63, 3.8) is 0 Å². The highest BCUT2D eigenvalue weighted by atomic mass is 16.5. The van der Waals surface area contributed by atoms with Gasteiger partial charge in [0, 0.05) is 18.0 Å². The van der Waals surface area contributed by atoms with Crippen LogP contribution in [-0.4, -0.2) is 27.3 Å². The van der Waals surface area contributed by atoms with Crippen molar-refractivity contribution >= 4 is 0 Å². The van der Waals surface area contributed by atoms with Crippen molar-refractivity contribution in [2.75, 3.05) is 27.3 Å². The quantitative estimate of drug-likeness (QED) is 0.872. The lowest BCUT2D eigenvalue weighted by Crippen LogP contribution is -2.10. The van der Waals surface area contributed by atoms with E-state index in [0.717, 1.165) is 30.2 Å². The van der Waals surface area contributed by atoms with Gasteiger partial charge in [-0.3, -0.25) is 0 Å². The number of rotatable bonds is 3. The van der Waals surface area contributed by atoms with Crippen LogP contribution in [0.25, 0.3) is 0 Å². The Labute approximate surface area is 103 Å². The Morgan fingerprint density at radius 3 is 2.35 bits per heavy atom. The molecule has 94 valence electrons. The summed E-state index contributed by atoms with van der Waals surface area (Å²) in [7, 11) is 3.43. The molecule has 0 spiro atoms. The molecule has 3 nitrogen and oxygen atoms in total. The zero-order chi connectivity index (χ0) is 12.4. The van der Waals surface area contributed by atoms with Gasteiger partial charge in [-0.05, 0) is 37.9 Å². The maximum atomic E-state index is 5.59. The summed E-state index contributed by atoms with van der Waals surface area (Å²) in [6, 6.07) is 2.19. The van der Waals surface area contributed by atoms with Crippen LogP contribution in [0.1, 0.15) is 29.0 Å². The van der Waals surface area contributed by atoms with E-state index in [4.69, 9.17) is 9.47 Å². The maximum absolute atomic E-state index is 5.59. The number of methoxy groups -OCH3 is 2. The first-order valence-corrected chi connectivity index (χ1v) is 6.11. The zero-order valence-corrected chi connectivity index (χ0v) is 11.1. The lowest BCUT2D eigenvalue weighted by Gasteiger charge is -2.21. The molecule has 1 saturated heterocycles. The van der Waals surface area contributed by atoms with Gasteiger partial charge in [0.05, 0.1) is 14.2 Å². The number of hydrogen-bond acceptors (Lipinski definition) is 3. The van der Waals surface area contributed by atoms with E-state index in [1.165, 1.54) is 17.5 Å². The minimum Gasteiger partial charge on any atom is -0.493 e. The Bertz CT molecular complexity index is 409. The minimum atomic E-state index is 0.541. The van der Waals surface area contributed by atoms with Crippen LogP contribution in [0.5, 0.6) is 11.5 Å². The van der Waals surface area contributed by atoms with E-state index in [1.807, 2.05) is 0 Å². The standard InChI is InChI=1S/C14H21NO2/c1-9-7-10(2)13(16-3)14(17-4)12(9)11-5-6-15-8-11/h7,11,15H,5-6,8H2,1-4H3. The number of nitrogens with one attached hydrogen (secondary N) is 1. The first kappa shape index (κ1) is 12.2. The van der Waals surface area contributed by atoms with E-state index in [1.54, 1.807) is 14.2 Å². The highest BCUT2D eigenvalue weighted by molar-refractivity contribution is 5.56. The molecule has 1 fully saturated rings. The summed E-state index contributed by atoms with van der Waals surface area (Å²) in [5.74, 6) is 2.33. The van der Waals surface area contributed by atoms with Crippen molar-refractivity contribution in [1.29, 1.82) is 0 Å². The van der Waals surface area contributed by atoms with E-state index in [9.17, 15) is 0 Å². The molecule has 1 aliphatic rings. The summed E-state index contributed by atoms with van der Waals surface area (Å²) in [6.07, 6.45) is 1.17. The number of benzene rings is 1. The number of hydrogen-bond donors (Lipinski definition) is 1. The van der Waals surface area contributed by atoms with Gasteiger partial charge in [-0.2, -0.15) is 0 Å². The zero-order valence-electron chi connectivity index (χ0n) is 11.1. The average molecular weight is 235 g/mol. The van der Waals surface area contributed by atoms with E-state index >= 15 is 0 Å². The van der Waals surface area contributed by atoms with Crippen molar-refractivity contribution in [2.45, 2.75) is 26.2 Å². The predicted octanol–water partition coefficient (Wildman–Crippen LogP) is 2.40. The summed E-state index contributed by atoms with van der Waals surface area (Å²) >= 11 is 0. The van der Waals surface area contributed by atoms with Gasteiger partial charge in [0.2, 0.25) is 0 Å². The van der Waals surface area contributed by atoms with E-state index in [0.29, 0.717) is 5.92 Å². The second kappa shape index (κ2) is 4.96. The van der Waals surface area contributed by atoms with Gasteiger partial charge in [0.15, 0.2) is 11.5 Å². The van der Waals surface area contributed by atoms with Gasteiger partial charge in [-0.1, -0.05) is 6.07 Å². The summed E-state index contributed by atoms with van der Waals surface area (Å²) < 4.78 is 11.1. The lowest BCUT2D eigenvalue weighted by molar-refractivity contribution is 0.347. The molecule has 1 heterocycles. The van der Waals surface area contributed by atoms with Crippen LogP contribution < -0.4 is 14.8 Å². The van der Waals surface area contributed by atoms with Gasteiger partial charge in [0.25, 0.3) is 0 Å². The first-order chi connectivity index (χ1) is 8.19. The Hall–Kier alpha value is -1.22. The fraction of sp³-hybridized carbons (Fsp3) is 0.571. The first-order valence-electron chi connectivity index (χ1n) is 6.11. The second-order valence-corrected chi connectivity index (χ2v) is 4.68. The molecule has 1 N–H and O–H groups in total. The van der Waals surface area contributed by atoms with Gasteiger partial charge >= 0.3 is 0 Å². The molecule has 1 atom stereocenters. The van der Waals surface area contributed by atoms with Crippen LogP contribution in [0.2, 0.25) is 0 Å². The van der Waals surface area contributed by atoms with E-state index < -0.39 is 0 Å². The Morgan fingerprint density at radius 1 is 1.12 bits per heavy atom. The molecule has 1 unspecified atom stereocenters. The van der Waals surface area contributed by atoms with Crippen LogP contribution in [0.15, 0.2) is 6.07 Å². The monoisotopic (exact) mass is 235 g/mol. The Morgan fingerprint density at radius 2 is 1.82 bits per heavy atom. The average Bonchev–Trinajstić information content (AvgIpc) is 2.81. The molecule has 1 aromatic carbocycles. The SMILES string of the molecule is COc1c(C)cc(C)c(C2CCNC2)c1OC. The molecule has 2 rings (SSSR count). The second-order valence-electron chi connectivity index (χ2n) is 4.68. The summed E-state index contributed by atoms with van der Waals surface area (Å²) in [6.45, 7) is 6.33. The molecule has 0 aliphatic carbocycles. The molecule has 3 heteroatoms. The molecule has 0 amide bonds. The molecule has 0 saturated carbocycles. The molecule has 17 heavy (non-hydrogen) atoms. The van der Waals surface area contributed by atoms with Crippen molar-refractivity contribution in [1.82, 2.24) is 5.32 Å². The predicted molar refractivity (Wildman–Crippen MR) is 69.2 cm³/mol. The van der Waals surface area contributed by atoms with Crippen LogP contribution >= 0.6 is 0 Å². The Balaban J connectivity index is 2.55. The van der Waals surface area contributed by atoms with Crippen molar-refractivity contribution < 1.29 is 9.47 Å². The van der Waals surface area contributed by atoms with Crippen LogP contribution in [0.3, 0.4) is 0 Å². The normalized spacial score (nSPS) is 19.4. The largest absolute Gasteiger partial charge is 0.493 e. The Kier molecular flexibility index (Phi) is 3.57. The van der Waals surface area contributed by atoms with E-state index in [2.05, 4.69) is 25.2 Å². The third-order valence-corrected chi connectivity index (χ3v) is 3.54. The number of ether oxygens (including phenoxy) is 2. The minimum absolute atomic E-state index is 0.541. The van der Waals surface area contributed by atoms with E-state index in [-0.39, 0.29) is 0 Å². The lowest BCUT2D eigenvalue weighted by atomic mass is 9.91. The molecule has 0 aromatic heterocycles. The van der Waals surface area contributed by atoms with Gasteiger partial charge in [0.1, 0.15) is 0 Å². The van der Waals surface area contributed by atoms with Gasteiger partial charge in [-0.25, -0.2) is 0 Å². The summed E-state index contributed by atoms with van der Waals surface area (Å²) in [5.41, 5.74) is 3.74. The molecule has 1 aromatic rings. The van der Waals surface area contributed by atoms with Crippen LogP contribution in [0.4, 0.5) is 0 Å². The number of aryl methyl sites for hydroxylation is 2. The highest BCUT2D eigenvalue weighted by Gasteiger charge is 2.25. The van der Waals surface area contributed by atoms with Crippen LogP contribution in [0, 0.1) is 13.8 Å². The van der Waals surface area contributed by atoms with Crippen molar-refractivity contribution in [3.8, 4) is 11.5 Å². The summed E-state index contributed by atoms with van der Waals surface area (Å²) in [5, 5.41) is 3.41. The van der Waals surface area contributed by atoms with Crippen molar-refractivity contribution in [3.05, 3.63) is 22.8 Å². The highest BCUT2D eigenvalue weighted by Crippen LogP contribution is 2.42. The van der Waals surface area contributed by atoms with Crippen LogP contribution in [-0.2, 0) is 0 Å². The third kappa shape index (κ3) is 2.12. The summed E-state index contributed by atoms with van der Waals surface area (Å²) in [4.78, 5) is 0. The molecule has 0 bridgehead atoms. The van der Waals surface area contributed by atoms with Crippen molar-refractivity contribution in [2.24, 2.45) is 0 Å². The molecular formula is C14H21NO2. The topological polar surface area (TPSA) is 30.5 Å². The fourth-order valence-corrected chi connectivity index (χ4v) is 2.81. The molecule has 1 aliphatic heterocycles. The third-order valence-electron chi connectivity index (χ3n) is 3.54. The van der Waals surface area contributed by atoms with Gasteiger partial charge < -0.3 is 14.8 Å². The maximum Gasteiger partial charge on any atom is 0.164 e. The van der Waals surface area contributed by atoms with Gasteiger partial charge in [-0.15, -0.1) is 0 Å². The fourth-order valence-electron chi connectivity index (χ4n) is 2.81. The smallest absolute Gasteiger partial charge is 0.164 e. The molecular weight excluding hydrogens is 214 g/mol. The molecule has 0 radical (unpaired) electrons.